The fraction of sp³-hybridized carbons (Fsp3) is 1.00. The van der Waals surface area contributed by atoms with E-state index < -0.39 is 0 Å². The first-order chi connectivity index (χ1) is 4.81. The molecular formula is C8H20BN. The lowest BCUT2D eigenvalue weighted by Crippen LogP contribution is -2.20. The van der Waals surface area contributed by atoms with Gasteiger partial charge in [-0.1, -0.05) is 33.1 Å². The van der Waals surface area contributed by atoms with Crippen molar-refractivity contribution in [1.29, 1.82) is 0 Å². The molecule has 0 fully saturated rings. The van der Waals surface area contributed by atoms with Crippen molar-refractivity contribution in [2.24, 2.45) is 0 Å². The first-order valence-corrected chi connectivity index (χ1v) is 4.49. The maximum atomic E-state index is 2.37. The third-order valence-corrected chi connectivity index (χ3v) is 1.93. The Kier molecular flexibility index (Phi) is 7.15. The predicted molar refractivity (Wildman–Crippen MR) is 49.9 cm³/mol. The number of nitrogens with zero attached hydrogens (tertiary/aromatic N) is 1. The number of rotatable bonds is 6. The summed E-state index contributed by atoms with van der Waals surface area (Å²) >= 11 is 0. The molecule has 0 unspecified atom stereocenters. The van der Waals surface area contributed by atoms with Crippen LogP contribution in [-0.4, -0.2) is 25.9 Å². The second-order valence-corrected chi connectivity index (χ2v) is 2.96. The van der Waals surface area contributed by atoms with Crippen molar-refractivity contribution < 1.29 is 0 Å². The molecule has 0 aliphatic heterocycles. The van der Waals surface area contributed by atoms with Crippen LogP contribution < -0.4 is 0 Å². The highest BCUT2D eigenvalue weighted by Crippen LogP contribution is 1.99. The van der Waals surface area contributed by atoms with Gasteiger partial charge in [0.2, 0.25) is 0 Å². The van der Waals surface area contributed by atoms with Gasteiger partial charge in [-0.15, -0.1) is 0 Å². The van der Waals surface area contributed by atoms with E-state index in [9.17, 15) is 0 Å². The van der Waals surface area contributed by atoms with E-state index in [1.165, 1.54) is 38.8 Å². The van der Waals surface area contributed by atoms with Gasteiger partial charge in [0.25, 0.3) is 0 Å². The minimum Gasteiger partial charge on any atom is -0.349 e. The van der Waals surface area contributed by atoms with Gasteiger partial charge in [-0.25, -0.2) is 0 Å². The lowest BCUT2D eigenvalue weighted by molar-refractivity contribution is 0.451. The molecule has 0 rings (SSSR count). The lowest BCUT2D eigenvalue weighted by atomic mass is 10.2. The Labute approximate surface area is 66.2 Å². The van der Waals surface area contributed by atoms with E-state index in [0.29, 0.717) is 0 Å². The Bertz CT molecular complexity index is 66.3. The molecule has 0 aromatic carbocycles. The minimum atomic E-state index is 1.19. The van der Waals surface area contributed by atoms with Gasteiger partial charge < -0.3 is 4.81 Å². The van der Waals surface area contributed by atoms with Gasteiger partial charge in [-0.3, -0.25) is 0 Å². The maximum absolute atomic E-state index is 2.37. The molecule has 0 spiro atoms. The SMILES string of the molecule is BN(CC)CCCCCC. The molecule has 1 nitrogen and oxygen atoms in total. The third-order valence-electron chi connectivity index (χ3n) is 1.93. The molecule has 0 atom stereocenters. The van der Waals surface area contributed by atoms with Gasteiger partial charge >= 0.3 is 0 Å². The van der Waals surface area contributed by atoms with Crippen LogP contribution >= 0.6 is 0 Å². The molecule has 0 aromatic rings. The van der Waals surface area contributed by atoms with Crippen LogP contribution in [0.25, 0.3) is 0 Å². The van der Waals surface area contributed by atoms with Crippen LogP contribution in [0.1, 0.15) is 39.5 Å². The normalized spacial score (nSPS) is 10.7. The Morgan fingerprint density at radius 3 is 2.30 bits per heavy atom. The molecule has 0 bridgehead atoms. The van der Waals surface area contributed by atoms with Gasteiger partial charge in [0, 0.05) is 0 Å². The fourth-order valence-corrected chi connectivity index (χ4v) is 0.967. The quantitative estimate of drug-likeness (QED) is 0.399. The van der Waals surface area contributed by atoms with Gasteiger partial charge in [-0.05, 0) is 19.5 Å². The van der Waals surface area contributed by atoms with Crippen molar-refractivity contribution in [2.75, 3.05) is 13.1 Å². The van der Waals surface area contributed by atoms with E-state index in [-0.39, 0.29) is 0 Å². The molecule has 0 aliphatic carbocycles. The monoisotopic (exact) mass is 141 g/mol. The van der Waals surface area contributed by atoms with Gasteiger partial charge in [0.15, 0.2) is 7.98 Å². The fourth-order valence-electron chi connectivity index (χ4n) is 0.967. The van der Waals surface area contributed by atoms with E-state index in [1.54, 1.807) is 0 Å². The Balaban J connectivity index is 2.89. The van der Waals surface area contributed by atoms with E-state index in [0.717, 1.165) is 0 Å². The van der Waals surface area contributed by atoms with Crippen LogP contribution in [0.5, 0.6) is 0 Å². The highest BCUT2D eigenvalue weighted by molar-refractivity contribution is 6.04. The molecule has 0 radical (unpaired) electrons. The van der Waals surface area contributed by atoms with Crippen molar-refractivity contribution in [2.45, 2.75) is 39.5 Å². The summed E-state index contributed by atoms with van der Waals surface area (Å²) in [5.41, 5.74) is 0. The van der Waals surface area contributed by atoms with Crippen LogP contribution in [0.3, 0.4) is 0 Å². The van der Waals surface area contributed by atoms with Crippen LogP contribution in [0, 0.1) is 0 Å². The van der Waals surface area contributed by atoms with Gasteiger partial charge in [-0.2, -0.15) is 0 Å². The average molecular weight is 141 g/mol. The van der Waals surface area contributed by atoms with Crippen molar-refractivity contribution in [1.82, 2.24) is 4.81 Å². The second-order valence-electron chi connectivity index (χ2n) is 2.96. The molecule has 60 valence electrons. The topological polar surface area (TPSA) is 3.24 Å². The molecule has 0 saturated heterocycles. The molecule has 0 N–H and O–H groups in total. The highest BCUT2D eigenvalue weighted by Gasteiger charge is 1.92. The van der Waals surface area contributed by atoms with Crippen LogP contribution in [0.15, 0.2) is 0 Å². The molecular weight excluding hydrogens is 121 g/mol. The standard InChI is InChI=1S/C8H20BN/c1-3-5-6-7-8-10(9)4-2/h3-9H2,1-2H3. The largest absolute Gasteiger partial charge is 0.349 e. The molecule has 2 heteroatoms. The Hall–Kier alpha value is 0.0249. The van der Waals surface area contributed by atoms with E-state index in [2.05, 4.69) is 26.6 Å². The third kappa shape index (κ3) is 6.15. The summed E-state index contributed by atoms with van der Waals surface area (Å²) in [6.45, 7) is 6.92. The maximum Gasteiger partial charge on any atom is 0.185 e. The van der Waals surface area contributed by atoms with E-state index >= 15 is 0 Å². The zero-order chi connectivity index (χ0) is 7.82. The van der Waals surface area contributed by atoms with Crippen molar-refractivity contribution >= 4 is 7.98 Å². The first kappa shape index (κ1) is 10.0. The summed E-state index contributed by atoms with van der Waals surface area (Å²) in [5.74, 6) is 0. The Morgan fingerprint density at radius 2 is 1.80 bits per heavy atom. The van der Waals surface area contributed by atoms with E-state index in [1.807, 2.05) is 0 Å². The highest BCUT2D eigenvalue weighted by atomic mass is 15.0. The summed E-state index contributed by atoms with van der Waals surface area (Å²) in [5, 5.41) is 0. The Morgan fingerprint density at radius 1 is 1.10 bits per heavy atom. The molecule has 0 amide bonds. The average Bonchev–Trinajstić information content (AvgIpc) is 1.98. The van der Waals surface area contributed by atoms with Crippen LogP contribution in [-0.2, 0) is 0 Å². The van der Waals surface area contributed by atoms with Crippen LogP contribution in [0.2, 0.25) is 0 Å². The molecule has 0 saturated carbocycles. The van der Waals surface area contributed by atoms with Crippen LogP contribution in [0.4, 0.5) is 0 Å². The molecule has 0 aromatic heterocycles. The summed E-state index contributed by atoms with van der Waals surface area (Å²) < 4.78 is 0. The summed E-state index contributed by atoms with van der Waals surface area (Å²) in [6.07, 6.45) is 5.52. The van der Waals surface area contributed by atoms with Crippen molar-refractivity contribution in [3.05, 3.63) is 0 Å². The second kappa shape index (κ2) is 7.14. The molecule has 10 heavy (non-hydrogen) atoms. The van der Waals surface area contributed by atoms with Gasteiger partial charge in [0.1, 0.15) is 0 Å². The summed E-state index contributed by atoms with van der Waals surface area (Å²) in [4.78, 5) is 2.37. The smallest absolute Gasteiger partial charge is 0.185 e. The number of hydrogen-bond acceptors (Lipinski definition) is 1. The summed E-state index contributed by atoms with van der Waals surface area (Å²) in [7, 11) is 2.19. The predicted octanol–water partition coefficient (Wildman–Crippen LogP) is 1.44. The van der Waals surface area contributed by atoms with Crippen molar-refractivity contribution in [3.63, 3.8) is 0 Å². The zero-order valence-electron chi connectivity index (χ0n) is 7.69. The zero-order valence-corrected chi connectivity index (χ0v) is 7.69. The lowest BCUT2D eigenvalue weighted by Gasteiger charge is -2.12. The number of unbranched alkanes of at least 4 members (excludes halogenated alkanes) is 3. The molecule has 0 aliphatic rings. The summed E-state index contributed by atoms with van der Waals surface area (Å²) in [6, 6.07) is 0. The van der Waals surface area contributed by atoms with Gasteiger partial charge in [0.05, 0.1) is 0 Å². The minimum absolute atomic E-state index is 1.19. The van der Waals surface area contributed by atoms with Crippen molar-refractivity contribution in [3.8, 4) is 0 Å². The van der Waals surface area contributed by atoms with E-state index in [4.69, 9.17) is 0 Å². The number of hydrogen-bond donors (Lipinski definition) is 0. The first-order valence-electron chi connectivity index (χ1n) is 4.49. The molecule has 0 heterocycles.